The average molecular weight is 384 g/mol. The standard InChI is InChI=1S/C15H16N2O8S/c1-10-4-3-5-13(14(18)24-2)16(10)15(19)25-26(22,23)12-8-6-11(7-9-12)17(20)21/h3-4,6-10,13H,5H2,1-2H3/t10-,13-/m1/s1. The van der Waals surface area contributed by atoms with E-state index in [0.29, 0.717) is 0 Å². The zero-order valence-corrected chi connectivity index (χ0v) is 14.7. The molecule has 0 aliphatic carbocycles. The van der Waals surface area contributed by atoms with Gasteiger partial charge in [-0.2, -0.15) is 8.42 Å². The summed E-state index contributed by atoms with van der Waals surface area (Å²) in [5.41, 5.74) is -0.309. The van der Waals surface area contributed by atoms with E-state index in [1.165, 1.54) is 0 Å². The van der Waals surface area contributed by atoms with Gasteiger partial charge in [0.05, 0.1) is 18.1 Å². The van der Waals surface area contributed by atoms with Crippen molar-refractivity contribution in [2.75, 3.05) is 7.11 Å². The Bertz CT molecular complexity index is 847. The molecule has 1 amide bonds. The quantitative estimate of drug-likeness (QED) is 0.251. The number of nitro groups is 1. The summed E-state index contributed by atoms with van der Waals surface area (Å²) < 4.78 is 33.7. The lowest BCUT2D eigenvalue weighted by Gasteiger charge is -2.34. The molecule has 0 spiro atoms. The molecule has 11 heteroatoms. The molecule has 2 rings (SSSR count). The zero-order chi connectivity index (χ0) is 19.5. The van der Waals surface area contributed by atoms with Gasteiger partial charge in [0.1, 0.15) is 10.9 Å². The van der Waals surface area contributed by atoms with Crippen LogP contribution in [0.2, 0.25) is 0 Å². The Morgan fingerprint density at radius 1 is 1.27 bits per heavy atom. The van der Waals surface area contributed by atoms with Crippen LogP contribution in [0, 0.1) is 10.1 Å². The largest absolute Gasteiger partial charge is 0.467 e. The van der Waals surface area contributed by atoms with Gasteiger partial charge in [0.25, 0.3) is 5.69 Å². The number of amides is 1. The number of ether oxygens (including phenoxy) is 1. The van der Waals surface area contributed by atoms with Crippen molar-refractivity contribution >= 4 is 27.9 Å². The normalized spacial score (nSPS) is 19.7. The third-order valence-corrected chi connectivity index (χ3v) is 4.96. The molecule has 1 aromatic rings. The van der Waals surface area contributed by atoms with Crippen LogP contribution in [-0.4, -0.2) is 49.5 Å². The van der Waals surface area contributed by atoms with E-state index in [2.05, 4.69) is 8.92 Å². The van der Waals surface area contributed by atoms with Crippen LogP contribution >= 0.6 is 0 Å². The molecule has 0 N–H and O–H groups in total. The van der Waals surface area contributed by atoms with Crippen LogP contribution in [-0.2, 0) is 23.8 Å². The van der Waals surface area contributed by atoms with Crippen molar-refractivity contribution in [3.05, 3.63) is 46.5 Å². The summed E-state index contributed by atoms with van der Waals surface area (Å²) >= 11 is 0. The van der Waals surface area contributed by atoms with Gasteiger partial charge in [0, 0.05) is 12.1 Å². The van der Waals surface area contributed by atoms with E-state index < -0.39 is 44.1 Å². The molecule has 2 atom stereocenters. The zero-order valence-electron chi connectivity index (χ0n) is 13.9. The summed E-state index contributed by atoms with van der Waals surface area (Å²) in [6.45, 7) is 1.59. The topological polar surface area (TPSA) is 133 Å². The van der Waals surface area contributed by atoms with Crippen molar-refractivity contribution in [1.29, 1.82) is 0 Å². The predicted molar refractivity (Wildman–Crippen MR) is 87.6 cm³/mol. The number of rotatable bonds is 4. The third-order valence-electron chi connectivity index (χ3n) is 3.75. The first kappa shape index (κ1) is 19.4. The lowest BCUT2D eigenvalue weighted by molar-refractivity contribution is -0.384. The van der Waals surface area contributed by atoms with Crippen molar-refractivity contribution in [3.63, 3.8) is 0 Å². The molecule has 0 radical (unpaired) electrons. The minimum Gasteiger partial charge on any atom is -0.467 e. The highest BCUT2D eigenvalue weighted by atomic mass is 32.2. The third kappa shape index (κ3) is 3.99. The average Bonchev–Trinajstić information content (AvgIpc) is 2.60. The first-order valence-electron chi connectivity index (χ1n) is 7.43. The highest BCUT2D eigenvalue weighted by Crippen LogP contribution is 2.23. The Kier molecular flexibility index (Phi) is 5.60. The number of esters is 1. The Morgan fingerprint density at radius 2 is 1.88 bits per heavy atom. The van der Waals surface area contributed by atoms with Crippen LogP contribution in [0.15, 0.2) is 41.3 Å². The number of hydrogen-bond acceptors (Lipinski definition) is 8. The predicted octanol–water partition coefficient (Wildman–Crippen LogP) is 1.61. The Balaban J connectivity index is 2.24. The van der Waals surface area contributed by atoms with Crippen LogP contribution in [0.25, 0.3) is 0 Å². The molecule has 1 aliphatic heterocycles. The Labute approximate surface area is 149 Å². The molecule has 140 valence electrons. The minimum atomic E-state index is -4.52. The molecule has 0 unspecified atom stereocenters. The number of carbonyl (C=O) groups is 2. The van der Waals surface area contributed by atoms with Gasteiger partial charge in [0.15, 0.2) is 0 Å². The van der Waals surface area contributed by atoms with Gasteiger partial charge in [-0.1, -0.05) is 12.2 Å². The minimum absolute atomic E-state index is 0.156. The summed E-state index contributed by atoms with van der Waals surface area (Å²) in [6, 6.07) is 2.26. The molecule has 26 heavy (non-hydrogen) atoms. The molecule has 1 aliphatic rings. The molecule has 1 aromatic carbocycles. The van der Waals surface area contributed by atoms with Crippen LogP contribution in [0.4, 0.5) is 10.5 Å². The van der Waals surface area contributed by atoms with E-state index in [9.17, 15) is 28.1 Å². The van der Waals surface area contributed by atoms with Crippen LogP contribution in [0.3, 0.4) is 0 Å². The van der Waals surface area contributed by atoms with E-state index >= 15 is 0 Å². The van der Waals surface area contributed by atoms with Gasteiger partial charge < -0.3 is 8.92 Å². The first-order valence-corrected chi connectivity index (χ1v) is 8.84. The lowest BCUT2D eigenvalue weighted by Crippen LogP contribution is -2.51. The maximum Gasteiger partial charge on any atom is 0.426 e. The van der Waals surface area contributed by atoms with Crippen molar-refractivity contribution < 1.29 is 31.9 Å². The fourth-order valence-corrected chi connectivity index (χ4v) is 3.29. The maximum absolute atomic E-state index is 12.4. The van der Waals surface area contributed by atoms with Gasteiger partial charge in [-0.25, -0.2) is 9.59 Å². The Hall–Kier alpha value is -2.95. The van der Waals surface area contributed by atoms with Crippen molar-refractivity contribution in [2.24, 2.45) is 0 Å². The number of nitro benzene ring substituents is 1. The van der Waals surface area contributed by atoms with Crippen molar-refractivity contribution in [2.45, 2.75) is 30.3 Å². The SMILES string of the molecule is COC(=O)[C@H]1CC=C[C@@H](C)N1C(=O)OS(=O)(=O)c1ccc([N+](=O)[O-])cc1. The molecular weight excluding hydrogens is 368 g/mol. The molecule has 0 bridgehead atoms. The molecule has 0 fully saturated rings. The summed E-state index contributed by atoms with van der Waals surface area (Å²) in [7, 11) is -3.37. The van der Waals surface area contributed by atoms with Crippen LogP contribution < -0.4 is 0 Å². The highest BCUT2D eigenvalue weighted by molar-refractivity contribution is 7.87. The van der Waals surface area contributed by atoms with Gasteiger partial charge in [0.2, 0.25) is 0 Å². The second-order valence-corrected chi connectivity index (χ2v) is 6.95. The molecule has 10 nitrogen and oxygen atoms in total. The smallest absolute Gasteiger partial charge is 0.426 e. The number of hydrogen-bond donors (Lipinski definition) is 0. The molecular formula is C15H16N2O8S. The van der Waals surface area contributed by atoms with Crippen LogP contribution in [0.5, 0.6) is 0 Å². The number of methoxy groups -OCH3 is 1. The van der Waals surface area contributed by atoms with Crippen molar-refractivity contribution in [1.82, 2.24) is 4.90 Å². The monoisotopic (exact) mass is 384 g/mol. The number of benzene rings is 1. The first-order chi connectivity index (χ1) is 12.2. The Morgan fingerprint density at radius 3 is 2.42 bits per heavy atom. The summed E-state index contributed by atoms with van der Waals surface area (Å²) in [4.78, 5) is 34.7. The highest BCUT2D eigenvalue weighted by Gasteiger charge is 2.38. The van der Waals surface area contributed by atoms with Gasteiger partial charge in [-0.15, -0.1) is 0 Å². The van der Waals surface area contributed by atoms with E-state index in [1.807, 2.05) is 0 Å². The molecule has 0 saturated heterocycles. The van der Waals surface area contributed by atoms with E-state index in [1.54, 1.807) is 19.1 Å². The number of carbonyl (C=O) groups excluding carboxylic acids is 2. The van der Waals surface area contributed by atoms with Gasteiger partial charge in [-0.3, -0.25) is 15.0 Å². The second-order valence-electron chi connectivity index (χ2n) is 5.41. The van der Waals surface area contributed by atoms with E-state index in [0.717, 1.165) is 36.3 Å². The molecule has 0 aromatic heterocycles. The number of non-ortho nitro benzene ring substituents is 1. The van der Waals surface area contributed by atoms with Crippen molar-refractivity contribution in [3.8, 4) is 0 Å². The fraction of sp³-hybridized carbons (Fsp3) is 0.333. The second kappa shape index (κ2) is 7.52. The molecule has 1 heterocycles. The van der Waals surface area contributed by atoms with Gasteiger partial charge in [-0.05, 0) is 25.5 Å². The van der Waals surface area contributed by atoms with E-state index in [4.69, 9.17) is 0 Å². The lowest BCUT2D eigenvalue weighted by atomic mass is 10.0. The number of nitrogens with zero attached hydrogens (tertiary/aromatic N) is 2. The van der Waals surface area contributed by atoms with Crippen LogP contribution in [0.1, 0.15) is 13.3 Å². The van der Waals surface area contributed by atoms with E-state index in [-0.39, 0.29) is 12.1 Å². The summed E-state index contributed by atoms with van der Waals surface area (Å²) in [5, 5.41) is 10.6. The van der Waals surface area contributed by atoms with Gasteiger partial charge >= 0.3 is 22.2 Å². The fourth-order valence-electron chi connectivity index (χ4n) is 2.45. The summed E-state index contributed by atoms with van der Waals surface area (Å²) in [5.74, 6) is -0.703. The maximum atomic E-state index is 12.4. The summed E-state index contributed by atoms with van der Waals surface area (Å²) in [6.07, 6.45) is 2.22. The molecule has 0 saturated carbocycles.